The van der Waals surface area contributed by atoms with Crippen LogP contribution in [0.5, 0.6) is 0 Å². The van der Waals surface area contributed by atoms with Crippen LogP contribution in [0.15, 0.2) is 17.2 Å². The summed E-state index contributed by atoms with van der Waals surface area (Å²) >= 11 is 0. The summed E-state index contributed by atoms with van der Waals surface area (Å²) in [5.41, 5.74) is -0.271. The third-order valence-electron chi connectivity index (χ3n) is 4.91. The first-order valence-corrected chi connectivity index (χ1v) is 7.82. The molecule has 0 radical (unpaired) electrons. The average Bonchev–Trinajstić information content (AvgIpc) is 2.73. The zero-order valence-corrected chi connectivity index (χ0v) is 13.2. The molecule has 0 aliphatic carbocycles. The molecule has 3 heterocycles. The van der Waals surface area contributed by atoms with Crippen molar-refractivity contribution >= 4 is 11.8 Å². The number of aromatic amines is 1. The molecule has 1 aromatic heterocycles. The molecule has 0 aromatic carbocycles. The van der Waals surface area contributed by atoms with Crippen LogP contribution in [0.3, 0.4) is 0 Å². The molecule has 0 saturated carbocycles. The Balaban J connectivity index is 1.79. The quantitative estimate of drug-likeness (QED) is 0.706. The van der Waals surface area contributed by atoms with E-state index >= 15 is 0 Å². The summed E-state index contributed by atoms with van der Waals surface area (Å²) in [6.45, 7) is 2.56. The summed E-state index contributed by atoms with van der Waals surface area (Å²) in [6.07, 6.45) is 4.50. The second kappa shape index (κ2) is 6.11. The number of amides is 2. The van der Waals surface area contributed by atoms with Crippen molar-refractivity contribution in [3.8, 4) is 0 Å². The van der Waals surface area contributed by atoms with Crippen LogP contribution >= 0.6 is 0 Å². The van der Waals surface area contributed by atoms with Crippen LogP contribution in [0.25, 0.3) is 0 Å². The number of nitrogens with zero attached hydrogens (tertiary/aromatic N) is 3. The van der Waals surface area contributed by atoms with Crippen LogP contribution in [0.1, 0.15) is 29.8 Å². The molecule has 23 heavy (non-hydrogen) atoms. The molecule has 1 atom stereocenters. The lowest BCUT2D eigenvalue weighted by atomic mass is 9.86. The minimum atomic E-state index is -0.329. The van der Waals surface area contributed by atoms with E-state index in [-0.39, 0.29) is 28.6 Å². The Bertz CT molecular complexity index is 653. The highest BCUT2D eigenvalue weighted by Crippen LogP contribution is 2.30. The van der Waals surface area contributed by atoms with Gasteiger partial charge in [0.1, 0.15) is 5.69 Å². The molecule has 0 unspecified atom stereocenters. The van der Waals surface area contributed by atoms with Gasteiger partial charge in [0, 0.05) is 44.3 Å². The van der Waals surface area contributed by atoms with Gasteiger partial charge < -0.3 is 15.2 Å². The normalized spacial score (nSPS) is 26.0. The standard InChI is InChI=1S/C15H21N5O3/c1-19-6-7-20(14(23)11-8-18-13(22)9-17-11)10-15(19)3-2-12(21)16-5-4-15/h8-9H,2-7,10H2,1H3,(H,16,21)(H,18,22)/t15-/m1/s1. The van der Waals surface area contributed by atoms with Gasteiger partial charge in [-0.3, -0.25) is 19.3 Å². The smallest absolute Gasteiger partial charge is 0.274 e. The van der Waals surface area contributed by atoms with Crippen LogP contribution in [-0.2, 0) is 4.79 Å². The Labute approximate surface area is 133 Å². The Kier molecular flexibility index (Phi) is 4.16. The van der Waals surface area contributed by atoms with Gasteiger partial charge in [-0.2, -0.15) is 0 Å². The maximum Gasteiger partial charge on any atom is 0.274 e. The van der Waals surface area contributed by atoms with E-state index in [1.165, 1.54) is 6.20 Å². The first-order chi connectivity index (χ1) is 11.0. The van der Waals surface area contributed by atoms with Crippen LogP contribution in [-0.4, -0.2) is 70.3 Å². The van der Waals surface area contributed by atoms with E-state index in [0.717, 1.165) is 25.6 Å². The van der Waals surface area contributed by atoms with E-state index in [2.05, 4.69) is 27.2 Å². The third-order valence-corrected chi connectivity index (χ3v) is 4.91. The number of H-pyrrole nitrogens is 1. The molecule has 8 nitrogen and oxygen atoms in total. The van der Waals surface area contributed by atoms with Gasteiger partial charge >= 0.3 is 0 Å². The van der Waals surface area contributed by atoms with Gasteiger partial charge in [0.15, 0.2) is 0 Å². The Morgan fingerprint density at radius 2 is 2.13 bits per heavy atom. The number of piperazine rings is 1. The fourth-order valence-corrected chi connectivity index (χ4v) is 3.39. The Morgan fingerprint density at radius 1 is 1.30 bits per heavy atom. The van der Waals surface area contributed by atoms with Gasteiger partial charge in [0.25, 0.3) is 11.5 Å². The summed E-state index contributed by atoms with van der Waals surface area (Å²) in [5.74, 6) is -0.113. The molecule has 0 bridgehead atoms. The predicted molar refractivity (Wildman–Crippen MR) is 83.0 cm³/mol. The summed E-state index contributed by atoms with van der Waals surface area (Å²) in [5, 5.41) is 2.90. The van der Waals surface area contributed by atoms with Crippen LogP contribution in [0, 0.1) is 0 Å². The van der Waals surface area contributed by atoms with E-state index in [0.29, 0.717) is 26.1 Å². The van der Waals surface area contributed by atoms with E-state index in [1.807, 2.05) is 0 Å². The third kappa shape index (κ3) is 3.12. The highest BCUT2D eigenvalue weighted by Gasteiger charge is 2.42. The van der Waals surface area contributed by atoms with Gasteiger partial charge in [-0.15, -0.1) is 0 Å². The first-order valence-electron chi connectivity index (χ1n) is 7.82. The van der Waals surface area contributed by atoms with E-state index in [4.69, 9.17) is 0 Å². The van der Waals surface area contributed by atoms with E-state index < -0.39 is 0 Å². The van der Waals surface area contributed by atoms with Gasteiger partial charge in [-0.05, 0) is 19.9 Å². The molecule has 2 aliphatic rings. The van der Waals surface area contributed by atoms with Gasteiger partial charge in [-0.25, -0.2) is 4.98 Å². The number of carbonyl (C=O) groups excluding carboxylic acids is 2. The van der Waals surface area contributed by atoms with Crippen molar-refractivity contribution in [1.29, 1.82) is 0 Å². The lowest BCUT2D eigenvalue weighted by Crippen LogP contribution is -2.62. The van der Waals surface area contributed by atoms with Gasteiger partial charge in [0.05, 0.1) is 6.20 Å². The number of likely N-dealkylation sites (N-methyl/N-ethyl adjacent to an activating group) is 1. The number of hydrogen-bond acceptors (Lipinski definition) is 5. The van der Waals surface area contributed by atoms with Crippen molar-refractivity contribution in [2.45, 2.75) is 24.8 Å². The molecule has 124 valence electrons. The molecule has 2 fully saturated rings. The zero-order valence-electron chi connectivity index (χ0n) is 13.2. The van der Waals surface area contributed by atoms with Crippen LogP contribution < -0.4 is 10.9 Å². The maximum atomic E-state index is 12.6. The molecule has 2 N–H and O–H groups in total. The minimum absolute atomic E-state index is 0.0704. The van der Waals surface area contributed by atoms with Gasteiger partial charge in [0.2, 0.25) is 5.91 Å². The maximum absolute atomic E-state index is 12.6. The second-order valence-electron chi connectivity index (χ2n) is 6.27. The summed E-state index contributed by atoms with van der Waals surface area (Å²) in [6, 6.07) is 0. The van der Waals surface area contributed by atoms with E-state index in [9.17, 15) is 14.4 Å². The van der Waals surface area contributed by atoms with Crippen molar-refractivity contribution in [1.82, 2.24) is 25.1 Å². The number of rotatable bonds is 1. The van der Waals surface area contributed by atoms with Crippen molar-refractivity contribution in [3.63, 3.8) is 0 Å². The van der Waals surface area contributed by atoms with Gasteiger partial charge in [-0.1, -0.05) is 0 Å². The number of aromatic nitrogens is 2. The number of hydrogen-bond donors (Lipinski definition) is 2. The Hall–Kier alpha value is -2.22. The minimum Gasteiger partial charge on any atom is -0.356 e. The molecular weight excluding hydrogens is 298 g/mol. The first kappa shape index (κ1) is 15.7. The average molecular weight is 319 g/mol. The highest BCUT2D eigenvalue weighted by atomic mass is 16.2. The molecule has 1 spiro atoms. The molecule has 3 rings (SSSR count). The predicted octanol–water partition coefficient (Wildman–Crippen LogP) is -0.804. The zero-order chi connectivity index (χ0) is 16.4. The largest absolute Gasteiger partial charge is 0.356 e. The van der Waals surface area contributed by atoms with E-state index in [1.54, 1.807) is 4.90 Å². The molecular formula is C15H21N5O3. The van der Waals surface area contributed by atoms with Crippen LogP contribution in [0.4, 0.5) is 0 Å². The highest BCUT2D eigenvalue weighted by molar-refractivity contribution is 5.92. The topological polar surface area (TPSA) is 98.4 Å². The molecule has 8 heteroatoms. The molecule has 2 amide bonds. The monoisotopic (exact) mass is 319 g/mol. The summed E-state index contributed by atoms with van der Waals surface area (Å²) < 4.78 is 0. The van der Waals surface area contributed by atoms with Crippen molar-refractivity contribution in [3.05, 3.63) is 28.4 Å². The second-order valence-corrected chi connectivity index (χ2v) is 6.27. The number of nitrogens with one attached hydrogen (secondary N) is 2. The lowest BCUT2D eigenvalue weighted by molar-refractivity contribution is -0.121. The molecule has 1 aromatic rings. The van der Waals surface area contributed by atoms with Crippen molar-refractivity contribution in [2.75, 3.05) is 33.2 Å². The fraction of sp³-hybridized carbons (Fsp3) is 0.600. The summed E-state index contributed by atoms with van der Waals surface area (Å²) in [4.78, 5) is 45.8. The number of carbonyl (C=O) groups is 2. The SMILES string of the molecule is CN1CCN(C(=O)c2c[nH]c(=O)cn2)C[C@@]12CCNC(=O)CC2. The Morgan fingerprint density at radius 3 is 2.87 bits per heavy atom. The van der Waals surface area contributed by atoms with Crippen LogP contribution in [0.2, 0.25) is 0 Å². The molecule has 2 saturated heterocycles. The van der Waals surface area contributed by atoms with Crippen molar-refractivity contribution < 1.29 is 9.59 Å². The summed E-state index contributed by atoms with van der Waals surface area (Å²) in [7, 11) is 2.05. The van der Waals surface area contributed by atoms with Crippen molar-refractivity contribution in [2.24, 2.45) is 0 Å². The fourth-order valence-electron chi connectivity index (χ4n) is 3.39. The lowest BCUT2D eigenvalue weighted by Gasteiger charge is -2.49. The molecule has 2 aliphatic heterocycles.